The zero-order valence-corrected chi connectivity index (χ0v) is 18.5. The van der Waals surface area contributed by atoms with Gasteiger partial charge in [-0.05, 0) is 50.3 Å². The fraction of sp³-hybridized carbons (Fsp3) is 0.600. The molecule has 1 unspecified atom stereocenters. The molecule has 30 heavy (non-hydrogen) atoms. The van der Waals surface area contributed by atoms with Crippen LogP contribution in [0.4, 0.5) is 8.78 Å². The number of aromatic nitrogens is 2. The molecule has 2 aromatic rings. The molecular formula is C25H36F2N2O. The molecule has 0 amide bonds. The number of hydrogen-bond acceptors (Lipinski definition) is 3. The van der Waals surface area contributed by atoms with E-state index in [2.05, 4.69) is 16.9 Å². The first-order valence-corrected chi connectivity index (χ1v) is 11.5. The van der Waals surface area contributed by atoms with E-state index in [1.165, 1.54) is 44.6 Å². The zero-order chi connectivity index (χ0) is 21.6. The van der Waals surface area contributed by atoms with Crippen molar-refractivity contribution in [1.29, 1.82) is 0 Å². The van der Waals surface area contributed by atoms with Gasteiger partial charge in [-0.2, -0.15) is 0 Å². The summed E-state index contributed by atoms with van der Waals surface area (Å²) in [6.45, 7) is 4.40. The average Bonchev–Trinajstić information content (AvgIpc) is 2.73. The third kappa shape index (κ3) is 9.19. The summed E-state index contributed by atoms with van der Waals surface area (Å²) in [5, 5.41) is 0. The molecule has 0 saturated carbocycles. The van der Waals surface area contributed by atoms with Gasteiger partial charge in [-0.3, -0.25) is 0 Å². The Morgan fingerprint density at radius 2 is 1.60 bits per heavy atom. The van der Waals surface area contributed by atoms with Crippen molar-refractivity contribution >= 4 is 0 Å². The molecule has 0 aliphatic rings. The van der Waals surface area contributed by atoms with E-state index in [1.807, 2.05) is 0 Å². The highest BCUT2D eigenvalue weighted by Gasteiger charge is 2.10. The maximum absolute atomic E-state index is 14.5. The van der Waals surface area contributed by atoms with Crippen LogP contribution in [0.5, 0.6) is 5.75 Å². The normalized spacial score (nSPS) is 12.1. The monoisotopic (exact) mass is 418 g/mol. The van der Waals surface area contributed by atoms with Crippen LogP contribution in [-0.4, -0.2) is 22.7 Å². The second-order valence-corrected chi connectivity index (χ2v) is 8.05. The first-order valence-electron chi connectivity index (χ1n) is 11.5. The van der Waals surface area contributed by atoms with E-state index in [1.54, 1.807) is 31.5 Å². The van der Waals surface area contributed by atoms with Gasteiger partial charge in [0.05, 0.1) is 18.3 Å². The largest absolute Gasteiger partial charge is 0.493 e. The second kappa shape index (κ2) is 14.1. The molecule has 0 fully saturated rings. The quantitative estimate of drug-likeness (QED) is 0.281. The lowest BCUT2D eigenvalue weighted by molar-refractivity contribution is 0.303. The fourth-order valence-electron chi connectivity index (χ4n) is 3.40. The minimum atomic E-state index is -0.796. The van der Waals surface area contributed by atoms with Gasteiger partial charge in [-0.25, -0.2) is 18.7 Å². The molecular weight excluding hydrogens is 382 g/mol. The van der Waals surface area contributed by atoms with Crippen molar-refractivity contribution in [1.82, 2.24) is 9.97 Å². The molecule has 1 atom stereocenters. The Hall–Kier alpha value is -2.04. The Morgan fingerprint density at radius 3 is 2.23 bits per heavy atom. The van der Waals surface area contributed by atoms with Crippen molar-refractivity contribution in [3.8, 4) is 17.1 Å². The molecule has 166 valence electrons. The van der Waals surface area contributed by atoms with Crippen LogP contribution in [-0.2, 0) is 6.42 Å². The summed E-state index contributed by atoms with van der Waals surface area (Å²) < 4.78 is 33.1. The zero-order valence-electron chi connectivity index (χ0n) is 18.5. The molecule has 0 N–H and O–H groups in total. The molecule has 0 radical (unpaired) electrons. The van der Waals surface area contributed by atoms with Crippen LogP contribution >= 0.6 is 0 Å². The fourth-order valence-corrected chi connectivity index (χ4v) is 3.40. The molecule has 1 heterocycles. The first kappa shape index (κ1) is 24.2. The van der Waals surface area contributed by atoms with Crippen molar-refractivity contribution < 1.29 is 13.5 Å². The minimum absolute atomic E-state index is 0.352. The summed E-state index contributed by atoms with van der Waals surface area (Å²) >= 11 is 0. The highest BCUT2D eigenvalue weighted by Crippen LogP contribution is 2.24. The lowest BCUT2D eigenvalue weighted by Gasteiger charge is -2.09. The van der Waals surface area contributed by atoms with Crippen molar-refractivity contribution in [2.24, 2.45) is 0 Å². The molecule has 3 nitrogen and oxygen atoms in total. The predicted molar refractivity (Wildman–Crippen MR) is 119 cm³/mol. The molecule has 1 aromatic heterocycles. The van der Waals surface area contributed by atoms with Crippen molar-refractivity contribution in [3.05, 3.63) is 42.0 Å². The van der Waals surface area contributed by atoms with E-state index in [-0.39, 0.29) is 5.82 Å². The predicted octanol–water partition coefficient (Wildman–Crippen LogP) is 7.48. The van der Waals surface area contributed by atoms with Crippen LogP contribution < -0.4 is 4.74 Å². The van der Waals surface area contributed by atoms with E-state index in [0.29, 0.717) is 30.2 Å². The van der Waals surface area contributed by atoms with Crippen LogP contribution in [0.25, 0.3) is 11.4 Å². The number of rotatable bonds is 15. The van der Waals surface area contributed by atoms with Gasteiger partial charge in [0, 0.05) is 18.5 Å². The molecule has 2 rings (SSSR count). The van der Waals surface area contributed by atoms with Gasteiger partial charge in [0.15, 0.2) is 5.82 Å². The van der Waals surface area contributed by atoms with E-state index in [4.69, 9.17) is 4.74 Å². The van der Waals surface area contributed by atoms with Gasteiger partial charge in [-0.1, -0.05) is 51.9 Å². The van der Waals surface area contributed by atoms with E-state index in [9.17, 15) is 8.78 Å². The summed E-state index contributed by atoms with van der Waals surface area (Å²) in [5.74, 6) is 0.503. The third-order valence-corrected chi connectivity index (χ3v) is 5.22. The Bertz CT molecular complexity index is 720. The smallest absolute Gasteiger partial charge is 0.162 e. The Kier molecular flexibility index (Phi) is 11.3. The number of unbranched alkanes of at least 4 members (excludes halogenated alkanes) is 7. The van der Waals surface area contributed by atoms with Crippen LogP contribution in [0.3, 0.4) is 0 Å². The van der Waals surface area contributed by atoms with E-state index >= 15 is 0 Å². The van der Waals surface area contributed by atoms with E-state index in [0.717, 1.165) is 31.2 Å². The molecule has 0 bridgehead atoms. The summed E-state index contributed by atoms with van der Waals surface area (Å²) in [7, 11) is 0. The summed E-state index contributed by atoms with van der Waals surface area (Å²) in [5.41, 5.74) is 1.29. The maximum atomic E-state index is 14.5. The van der Waals surface area contributed by atoms with Crippen LogP contribution in [0.2, 0.25) is 0 Å². The summed E-state index contributed by atoms with van der Waals surface area (Å²) in [4.78, 5) is 8.55. The van der Waals surface area contributed by atoms with Crippen molar-refractivity contribution in [2.45, 2.75) is 90.6 Å². The highest BCUT2D eigenvalue weighted by atomic mass is 19.1. The minimum Gasteiger partial charge on any atom is -0.493 e. The van der Waals surface area contributed by atoms with Gasteiger partial charge in [-0.15, -0.1) is 0 Å². The molecule has 1 aromatic carbocycles. The summed E-state index contributed by atoms with van der Waals surface area (Å²) in [6.07, 6.45) is 14.5. The lowest BCUT2D eigenvalue weighted by Crippen LogP contribution is -1.99. The number of aryl methyl sites for hydroxylation is 1. The van der Waals surface area contributed by atoms with Gasteiger partial charge in [0.2, 0.25) is 0 Å². The van der Waals surface area contributed by atoms with Gasteiger partial charge in [0.25, 0.3) is 0 Å². The van der Waals surface area contributed by atoms with Crippen molar-refractivity contribution in [3.63, 3.8) is 0 Å². The van der Waals surface area contributed by atoms with Crippen molar-refractivity contribution in [2.75, 3.05) is 6.61 Å². The average molecular weight is 419 g/mol. The van der Waals surface area contributed by atoms with E-state index < -0.39 is 6.17 Å². The molecule has 0 spiro atoms. The number of halogens is 2. The number of ether oxygens (including phenoxy) is 1. The number of alkyl halides is 1. The maximum Gasteiger partial charge on any atom is 0.162 e. The molecule has 0 aliphatic heterocycles. The van der Waals surface area contributed by atoms with Crippen LogP contribution in [0.1, 0.15) is 83.6 Å². The number of benzene rings is 1. The molecule has 0 saturated heterocycles. The second-order valence-electron chi connectivity index (χ2n) is 8.05. The van der Waals surface area contributed by atoms with Crippen LogP contribution in [0.15, 0.2) is 30.6 Å². The first-order chi connectivity index (χ1) is 14.6. The van der Waals surface area contributed by atoms with Gasteiger partial charge in [0.1, 0.15) is 11.6 Å². The molecule has 0 aliphatic carbocycles. The Morgan fingerprint density at radius 1 is 0.933 bits per heavy atom. The third-order valence-electron chi connectivity index (χ3n) is 5.22. The highest BCUT2D eigenvalue weighted by molar-refractivity contribution is 5.57. The molecule has 5 heteroatoms. The Labute approximate surface area is 180 Å². The topological polar surface area (TPSA) is 35.0 Å². The van der Waals surface area contributed by atoms with Gasteiger partial charge < -0.3 is 4.74 Å². The lowest BCUT2D eigenvalue weighted by atomic mass is 10.1. The standard InChI is InChI=1S/C25H36F2N2O/c1-3-4-5-6-7-8-9-10-16-30-22-14-15-23(24(27)17-22)25-28-18-21(19-29-25)13-11-12-20(2)26/h14-15,17-20H,3-13,16H2,1-2H3. The Balaban J connectivity index is 1.74. The van der Waals surface area contributed by atoms with Gasteiger partial charge >= 0.3 is 0 Å². The number of hydrogen-bond donors (Lipinski definition) is 0. The van der Waals surface area contributed by atoms with Crippen LogP contribution in [0, 0.1) is 5.82 Å². The summed E-state index contributed by atoms with van der Waals surface area (Å²) in [6, 6.07) is 4.83. The SMILES string of the molecule is CCCCCCCCCCOc1ccc(-c2ncc(CCCC(C)F)cn2)c(F)c1. The number of nitrogens with zero attached hydrogens (tertiary/aromatic N) is 2.